The number of hydrogen-bond donors (Lipinski definition) is 1. The molecule has 0 bridgehead atoms. The van der Waals surface area contributed by atoms with Crippen LogP contribution in [0.1, 0.15) is 106 Å². The highest BCUT2D eigenvalue weighted by Crippen LogP contribution is 2.66. The molecule has 0 aromatic carbocycles. The smallest absolute Gasteiger partial charge is 0.0792 e. The number of aliphatic hydroxyl groups is 1. The highest BCUT2D eigenvalue weighted by atomic mass is 16.5. The minimum Gasteiger partial charge on any atom is -0.389 e. The zero-order chi connectivity index (χ0) is 24.1. The first-order chi connectivity index (χ1) is 15.6. The van der Waals surface area contributed by atoms with Crippen LogP contribution in [0.2, 0.25) is 0 Å². The Morgan fingerprint density at radius 1 is 1.06 bits per heavy atom. The van der Waals surface area contributed by atoms with Crippen molar-refractivity contribution in [3.63, 3.8) is 0 Å². The SMILES string of the molecule is C=C1[C@@H](O)CC[C@@]2(C)[C@H]1C[C@@H](OC)C1=C3CC[C@H]([C@H](C)CC[C@@H](CC)C(C)C)[C@@]3(C)CC[C@@H]12. The summed E-state index contributed by atoms with van der Waals surface area (Å²) in [4.78, 5) is 0. The Kier molecular flexibility index (Phi) is 7.30. The summed E-state index contributed by atoms with van der Waals surface area (Å²) in [5.41, 5.74) is 5.16. The van der Waals surface area contributed by atoms with E-state index in [0.29, 0.717) is 17.3 Å². The fraction of sp³-hybridized carbons (Fsp3) is 0.871. The van der Waals surface area contributed by atoms with Gasteiger partial charge in [-0.1, -0.05) is 66.5 Å². The van der Waals surface area contributed by atoms with Gasteiger partial charge in [0.1, 0.15) is 0 Å². The molecule has 2 nitrogen and oxygen atoms in total. The Morgan fingerprint density at radius 3 is 2.42 bits per heavy atom. The van der Waals surface area contributed by atoms with Crippen molar-refractivity contribution < 1.29 is 9.84 Å². The lowest BCUT2D eigenvalue weighted by molar-refractivity contribution is -0.0436. The van der Waals surface area contributed by atoms with Gasteiger partial charge in [-0.25, -0.2) is 0 Å². The van der Waals surface area contributed by atoms with E-state index in [4.69, 9.17) is 4.74 Å². The first-order valence-corrected chi connectivity index (χ1v) is 14.2. The molecular formula is C31H52O2. The molecule has 0 heterocycles. The lowest BCUT2D eigenvalue weighted by Crippen LogP contribution is -2.53. The third kappa shape index (κ3) is 4.10. The average Bonchev–Trinajstić information content (AvgIpc) is 3.13. The van der Waals surface area contributed by atoms with Crippen molar-refractivity contribution in [3.8, 4) is 0 Å². The molecule has 0 unspecified atom stereocenters. The quantitative estimate of drug-likeness (QED) is 0.394. The summed E-state index contributed by atoms with van der Waals surface area (Å²) in [6.45, 7) is 19.2. The number of allylic oxidation sites excluding steroid dienone is 1. The van der Waals surface area contributed by atoms with Crippen LogP contribution in [0, 0.1) is 46.3 Å². The minimum atomic E-state index is -0.321. The number of rotatable bonds is 7. The van der Waals surface area contributed by atoms with Gasteiger partial charge in [0.2, 0.25) is 0 Å². The van der Waals surface area contributed by atoms with Gasteiger partial charge in [-0.3, -0.25) is 0 Å². The van der Waals surface area contributed by atoms with Gasteiger partial charge < -0.3 is 9.84 Å². The predicted octanol–water partition coefficient (Wildman–Crippen LogP) is 7.96. The van der Waals surface area contributed by atoms with Gasteiger partial charge in [0.05, 0.1) is 12.2 Å². The van der Waals surface area contributed by atoms with Gasteiger partial charge >= 0.3 is 0 Å². The predicted molar refractivity (Wildman–Crippen MR) is 139 cm³/mol. The van der Waals surface area contributed by atoms with Crippen molar-refractivity contribution in [3.05, 3.63) is 23.3 Å². The molecule has 0 spiro atoms. The lowest BCUT2D eigenvalue weighted by Gasteiger charge is -2.59. The summed E-state index contributed by atoms with van der Waals surface area (Å²) in [6, 6.07) is 0. The van der Waals surface area contributed by atoms with E-state index >= 15 is 0 Å². The minimum absolute atomic E-state index is 0.212. The number of ether oxygens (including phenoxy) is 1. The van der Waals surface area contributed by atoms with Crippen LogP contribution < -0.4 is 0 Å². The van der Waals surface area contributed by atoms with Gasteiger partial charge in [0.25, 0.3) is 0 Å². The average molecular weight is 457 g/mol. The van der Waals surface area contributed by atoms with Gasteiger partial charge in [0.15, 0.2) is 0 Å². The summed E-state index contributed by atoms with van der Waals surface area (Å²) in [5, 5.41) is 10.6. The standard InChI is InChI=1S/C31H52O2/c1-9-22(19(2)3)11-10-20(4)23-12-13-24-29-25(14-16-30(23,24)6)31(7)17-15-27(32)21(5)26(31)18-28(29)33-8/h19-20,22-23,25-28,32H,5,9-18H2,1-4,6-8H3/t20-,22-,23-,25+,26+,27+,28-,30-,31-/m1/s1. The van der Waals surface area contributed by atoms with E-state index in [0.717, 1.165) is 48.5 Å². The maximum Gasteiger partial charge on any atom is 0.0792 e. The maximum atomic E-state index is 10.6. The number of hydrogen-bond acceptors (Lipinski definition) is 2. The zero-order valence-electron chi connectivity index (χ0n) is 22.8. The molecule has 0 radical (unpaired) electrons. The summed E-state index contributed by atoms with van der Waals surface area (Å²) in [6.07, 6.45) is 12.3. The molecule has 4 aliphatic rings. The second-order valence-electron chi connectivity index (χ2n) is 13.2. The number of methoxy groups -OCH3 is 1. The molecule has 3 fully saturated rings. The van der Waals surface area contributed by atoms with Crippen molar-refractivity contribution in [2.75, 3.05) is 7.11 Å². The zero-order valence-corrected chi connectivity index (χ0v) is 22.8. The van der Waals surface area contributed by atoms with Crippen LogP contribution >= 0.6 is 0 Å². The van der Waals surface area contributed by atoms with Crippen LogP contribution in [0.5, 0.6) is 0 Å². The molecule has 0 saturated heterocycles. The van der Waals surface area contributed by atoms with E-state index in [-0.39, 0.29) is 17.6 Å². The third-order valence-electron chi connectivity index (χ3n) is 11.5. The molecule has 9 atom stereocenters. The van der Waals surface area contributed by atoms with Gasteiger partial charge in [-0.15, -0.1) is 0 Å². The molecule has 1 N–H and O–H groups in total. The van der Waals surface area contributed by atoms with Gasteiger partial charge in [0, 0.05) is 7.11 Å². The van der Waals surface area contributed by atoms with Crippen molar-refractivity contribution >= 4 is 0 Å². The van der Waals surface area contributed by atoms with Crippen molar-refractivity contribution in [2.45, 2.75) is 118 Å². The Morgan fingerprint density at radius 2 is 1.79 bits per heavy atom. The Hall–Kier alpha value is -0.600. The molecular weight excluding hydrogens is 404 g/mol. The Bertz CT molecular complexity index is 765. The first-order valence-electron chi connectivity index (χ1n) is 14.2. The first kappa shape index (κ1) is 25.5. The van der Waals surface area contributed by atoms with Crippen LogP contribution in [0.3, 0.4) is 0 Å². The molecule has 0 aromatic heterocycles. The van der Waals surface area contributed by atoms with E-state index in [9.17, 15) is 5.11 Å². The van der Waals surface area contributed by atoms with Crippen molar-refractivity contribution in [1.29, 1.82) is 0 Å². The molecule has 4 rings (SSSR count). The monoisotopic (exact) mass is 456 g/mol. The number of aliphatic hydroxyl groups excluding tert-OH is 1. The molecule has 188 valence electrons. The van der Waals surface area contributed by atoms with Crippen LogP contribution in [-0.4, -0.2) is 24.4 Å². The van der Waals surface area contributed by atoms with Crippen molar-refractivity contribution in [2.24, 2.45) is 46.3 Å². The summed E-state index contributed by atoms with van der Waals surface area (Å²) < 4.78 is 6.23. The lowest BCUT2D eigenvalue weighted by atomic mass is 9.47. The molecule has 33 heavy (non-hydrogen) atoms. The van der Waals surface area contributed by atoms with Crippen LogP contribution in [-0.2, 0) is 4.74 Å². The fourth-order valence-electron chi connectivity index (χ4n) is 9.32. The van der Waals surface area contributed by atoms with Crippen LogP contribution in [0.4, 0.5) is 0 Å². The largest absolute Gasteiger partial charge is 0.389 e. The molecule has 0 amide bonds. The van der Waals surface area contributed by atoms with Crippen molar-refractivity contribution in [1.82, 2.24) is 0 Å². The maximum absolute atomic E-state index is 10.6. The van der Waals surface area contributed by atoms with E-state index in [1.807, 2.05) is 7.11 Å². The van der Waals surface area contributed by atoms with Gasteiger partial charge in [-0.05, 0) is 109 Å². The Balaban J connectivity index is 1.61. The van der Waals surface area contributed by atoms with E-state index in [2.05, 4.69) is 48.1 Å². The second-order valence-corrected chi connectivity index (χ2v) is 13.2. The van der Waals surface area contributed by atoms with Crippen LogP contribution in [0.15, 0.2) is 23.3 Å². The summed E-state index contributed by atoms with van der Waals surface area (Å²) >= 11 is 0. The molecule has 3 saturated carbocycles. The fourth-order valence-corrected chi connectivity index (χ4v) is 9.32. The van der Waals surface area contributed by atoms with E-state index in [1.165, 1.54) is 44.9 Å². The molecule has 0 aliphatic heterocycles. The summed E-state index contributed by atoms with van der Waals surface area (Å²) in [5.74, 6) is 4.29. The highest BCUT2D eigenvalue weighted by Gasteiger charge is 2.58. The molecule has 4 aliphatic carbocycles. The third-order valence-corrected chi connectivity index (χ3v) is 11.5. The van der Waals surface area contributed by atoms with E-state index < -0.39 is 0 Å². The topological polar surface area (TPSA) is 29.5 Å². The molecule has 2 heteroatoms. The van der Waals surface area contributed by atoms with Crippen LogP contribution in [0.25, 0.3) is 0 Å². The molecule has 0 aromatic rings. The Labute approximate surface area is 204 Å². The van der Waals surface area contributed by atoms with Gasteiger partial charge in [-0.2, -0.15) is 0 Å². The second kappa shape index (κ2) is 9.45. The number of fused-ring (bicyclic) bond motifs is 4. The summed E-state index contributed by atoms with van der Waals surface area (Å²) in [7, 11) is 1.91. The normalized spacial score (nSPS) is 42.7. The highest BCUT2D eigenvalue weighted by molar-refractivity contribution is 5.39. The van der Waals surface area contributed by atoms with E-state index in [1.54, 1.807) is 11.1 Å².